The zero-order chi connectivity index (χ0) is 24.6. The number of hydrogen-bond acceptors (Lipinski definition) is 5. The molecule has 0 radical (unpaired) electrons. The van der Waals surface area contributed by atoms with Gasteiger partial charge in [0.15, 0.2) is 5.58 Å². The van der Waals surface area contributed by atoms with E-state index in [4.69, 9.17) is 4.42 Å². The second-order valence-electron chi connectivity index (χ2n) is 9.72. The van der Waals surface area contributed by atoms with Gasteiger partial charge in [-0.1, -0.05) is 30.3 Å². The lowest BCUT2D eigenvalue weighted by molar-refractivity contribution is -0.138. The maximum absolute atomic E-state index is 13.4. The van der Waals surface area contributed by atoms with Crippen molar-refractivity contribution < 1.29 is 17.6 Å². The van der Waals surface area contributed by atoms with Crippen molar-refractivity contribution in [3.05, 3.63) is 64.6 Å². The number of carbonyl (C=O) groups is 1. The molecule has 3 aromatic rings. The Balaban J connectivity index is 1.23. The van der Waals surface area contributed by atoms with Crippen molar-refractivity contribution in [3.63, 3.8) is 0 Å². The first-order valence-electron chi connectivity index (χ1n) is 12.3. The number of piperidine rings is 2. The van der Waals surface area contributed by atoms with E-state index < -0.39 is 15.8 Å². The van der Waals surface area contributed by atoms with Gasteiger partial charge in [0.2, 0.25) is 15.9 Å². The summed E-state index contributed by atoms with van der Waals surface area (Å²) in [6.07, 6.45) is 4.31. The van der Waals surface area contributed by atoms with Crippen LogP contribution in [0.4, 0.5) is 0 Å². The number of aryl methyl sites for hydroxylation is 1. The molecule has 2 aliphatic heterocycles. The second-order valence-corrected chi connectivity index (χ2v) is 11.7. The molecular formula is C26H31N3O5S. The number of rotatable bonds is 5. The molecule has 2 fully saturated rings. The molecule has 0 N–H and O–H groups in total. The Labute approximate surface area is 205 Å². The summed E-state index contributed by atoms with van der Waals surface area (Å²) in [6.45, 7) is 2.01. The number of fused-ring (bicyclic) bond motifs is 1. The fourth-order valence-electron chi connectivity index (χ4n) is 5.35. The molecule has 8 nitrogen and oxygen atoms in total. The van der Waals surface area contributed by atoms with Crippen molar-refractivity contribution in [2.45, 2.75) is 37.0 Å². The molecule has 9 heteroatoms. The Morgan fingerprint density at radius 3 is 2.51 bits per heavy atom. The second kappa shape index (κ2) is 9.62. The van der Waals surface area contributed by atoms with Crippen LogP contribution in [0.1, 0.15) is 31.2 Å². The van der Waals surface area contributed by atoms with E-state index in [-0.39, 0.29) is 28.8 Å². The van der Waals surface area contributed by atoms with Crippen LogP contribution in [-0.4, -0.2) is 54.3 Å². The molecule has 1 atom stereocenters. The van der Waals surface area contributed by atoms with Crippen molar-refractivity contribution in [1.82, 2.24) is 13.8 Å². The highest BCUT2D eigenvalue weighted by Crippen LogP contribution is 2.29. The maximum atomic E-state index is 13.4. The molecule has 5 rings (SSSR count). The quantitative estimate of drug-likeness (QED) is 0.540. The number of oxazole rings is 1. The van der Waals surface area contributed by atoms with Crippen LogP contribution in [0.2, 0.25) is 0 Å². The first kappa shape index (κ1) is 23.8. The van der Waals surface area contributed by atoms with Crippen LogP contribution in [-0.2, 0) is 28.3 Å². The molecule has 0 bridgehead atoms. The number of likely N-dealkylation sites (tertiary alicyclic amines) is 1. The van der Waals surface area contributed by atoms with E-state index in [2.05, 4.69) is 24.3 Å². The van der Waals surface area contributed by atoms with Crippen molar-refractivity contribution in [2.24, 2.45) is 18.9 Å². The van der Waals surface area contributed by atoms with Crippen molar-refractivity contribution in [3.8, 4) is 0 Å². The summed E-state index contributed by atoms with van der Waals surface area (Å²) in [4.78, 5) is 27.1. The Morgan fingerprint density at radius 1 is 1.03 bits per heavy atom. The molecule has 2 saturated heterocycles. The number of aromatic nitrogens is 1. The lowest BCUT2D eigenvalue weighted by Crippen LogP contribution is -2.48. The summed E-state index contributed by atoms with van der Waals surface area (Å²) < 4.78 is 34.6. The molecule has 0 spiro atoms. The Morgan fingerprint density at radius 2 is 1.77 bits per heavy atom. The van der Waals surface area contributed by atoms with Gasteiger partial charge in [0, 0.05) is 39.3 Å². The topological polar surface area (TPSA) is 92.8 Å². The van der Waals surface area contributed by atoms with Gasteiger partial charge >= 0.3 is 5.76 Å². The highest BCUT2D eigenvalue weighted by Gasteiger charge is 2.36. The standard InChI is InChI=1S/C26H31N3O5S/c1-27-23-10-9-22(17-24(23)34-26(27)31)35(32,33)29-13-5-8-21(18-29)25(30)28-14-11-20(12-15-28)16-19-6-3-2-4-7-19/h2-4,6-7,9-10,17,20-21H,5,8,11-16,18H2,1H3/t21-/m1/s1. The minimum absolute atomic E-state index is 0.0626. The van der Waals surface area contributed by atoms with Crippen LogP contribution >= 0.6 is 0 Å². The van der Waals surface area contributed by atoms with Gasteiger partial charge in [-0.25, -0.2) is 13.2 Å². The fourth-order valence-corrected chi connectivity index (χ4v) is 6.89. The average molecular weight is 498 g/mol. The summed E-state index contributed by atoms with van der Waals surface area (Å²) in [5, 5.41) is 0. The van der Waals surface area contributed by atoms with Crippen molar-refractivity contribution >= 4 is 27.0 Å². The number of nitrogens with zero attached hydrogens (tertiary/aromatic N) is 3. The molecule has 1 amide bonds. The summed E-state index contributed by atoms with van der Waals surface area (Å²) in [7, 11) is -2.23. The number of carbonyl (C=O) groups excluding carboxylic acids is 1. The molecule has 2 aliphatic rings. The van der Waals surface area contributed by atoms with Gasteiger partial charge in [0.05, 0.1) is 16.3 Å². The van der Waals surface area contributed by atoms with Crippen molar-refractivity contribution in [2.75, 3.05) is 26.2 Å². The van der Waals surface area contributed by atoms with Crippen molar-refractivity contribution in [1.29, 1.82) is 0 Å². The maximum Gasteiger partial charge on any atom is 0.419 e. The van der Waals surface area contributed by atoms with Crippen LogP contribution in [0.25, 0.3) is 11.1 Å². The smallest absolute Gasteiger partial charge is 0.408 e. The summed E-state index contributed by atoms with van der Waals surface area (Å²) in [6, 6.07) is 14.9. The third kappa shape index (κ3) is 4.79. The lowest BCUT2D eigenvalue weighted by Gasteiger charge is -2.37. The van der Waals surface area contributed by atoms with E-state index in [1.54, 1.807) is 13.1 Å². The predicted molar refractivity (Wildman–Crippen MR) is 132 cm³/mol. The molecule has 1 aromatic heterocycles. The predicted octanol–water partition coefficient (Wildman–Crippen LogP) is 3.01. The van der Waals surface area contributed by atoms with E-state index in [0.717, 1.165) is 32.4 Å². The first-order chi connectivity index (χ1) is 16.8. The Kier molecular flexibility index (Phi) is 6.55. The Hall–Kier alpha value is -2.91. The van der Waals surface area contributed by atoms with E-state index in [9.17, 15) is 18.0 Å². The van der Waals surface area contributed by atoms with E-state index in [1.165, 1.54) is 26.6 Å². The average Bonchev–Trinajstić information content (AvgIpc) is 3.17. The molecule has 186 valence electrons. The molecule has 3 heterocycles. The molecule has 0 unspecified atom stereocenters. The first-order valence-corrected chi connectivity index (χ1v) is 13.7. The van der Waals surface area contributed by atoms with Crippen LogP contribution in [0.3, 0.4) is 0 Å². The van der Waals surface area contributed by atoms with Crippen LogP contribution < -0.4 is 5.76 Å². The minimum Gasteiger partial charge on any atom is -0.408 e. The van der Waals surface area contributed by atoms with Gasteiger partial charge in [0.1, 0.15) is 0 Å². The lowest BCUT2D eigenvalue weighted by atomic mass is 9.89. The van der Waals surface area contributed by atoms with Crippen LogP contribution in [0, 0.1) is 11.8 Å². The molecule has 35 heavy (non-hydrogen) atoms. The molecule has 2 aromatic carbocycles. The number of sulfonamides is 1. The zero-order valence-electron chi connectivity index (χ0n) is 19.9. The Bertz CT molecular complexity index is 1370. The number of benzene rings is 2. The fraction of sp³-hybridized carbons (Fsp3) is 0.462. The summed E-state index contributed by atoms with van der Waals surface area (Å²) in [5.74, 6) is -0.237. The third-order valence-electron chi connectivity index (χ3n) is 7.43. The highest BCUT2D eigenvalue weighted by atomic mass is 32.2. The van der Waals surface area contributed by atoms with Gasteiger partial charge in [-0.2, -0.15) is 4.31 Å². The number of hydrogen-bond donors (Lipinski definition) is 0. The van der Waals surface area contributed by atoms with E-state index >= 15 is 0 Å². The van der Waals surface area contributed by atoms with E-state index in [1.807, 2.05) is 11.0 Å². The summed E-state index contributed by atoms with van der Waals surface area (Å²) in [5.41, 5.74) is 2.11. The number of amides is 1. The minimum atomic E-state index is -3.81. The van der Waals surface area contributed by atoms with Gasteiger partial charge in [-0.15, -0.1) is 0 Å². The largest absolute Gasteiger partial charge is 0.419 e. The van der Waals surface area contributed by atoms with Crippen LogP contribution in [0.5, 0.6) is 0 Å². The summed E-state index contributed by atoms with van der Waals surface area (Å²) >= 11 is 0. The highest BCUT2D eigenvalue weighted by molar-refractivity contribution is 7.89. The third-order valence-corrected chi connectivity index (χ3v) is 9.29. The normalized spacial score (nSPS) is 20.4. The van der Waals surface area contributed by atoms with Crippen LogP contribution in [0.15, 0.2) is 62.6 Å². The molecule has 0 saturated carbocycles. The SMILES string of the molecule is Cn1c(=O)oc2cc(S(=O)(=O)N3CCC[C@@H](C(=O)N4CCC(Cc5ccccc5)CC4)C3)ccc21. The molecular weight excluding hydrogens is 466 g/mol. The van der Waals surface area contributed by atoms with E-state index in [0.29, 0.717) is 30.8 Å². The van der Waals surface area contributed by atoms with Gasteiger partial charge in [-0.05, 0) is 55.7 Å². The van der Waals surface area contributed by atoms with Gasteiger partial charge < -0.3 is 9.32 Å². The zero-order valence-corrected chi connectivity index (χ0v) is 20.7. The van der Waals surface area contributed by atoms with Gasteiger partial charge in [0.25, 0.3) is 0 Å². The monoisotopic (exact) mass is 497 g/mol. The molecule has 0 aliphatic carbocycles. The van der Waals surface area contributed by atoms with Gasteiger partial charge in [-0.3, -0.25) is 9.36 Å².